The highest BCUT2D eigenvalue weighted by Crippen LogP contribution is 2.44. The fraction of sp³-hybridized carbons (Fsp3) is 0.684. The molecule has 2 atom stereocenters. The number of nitrogens with zero attached hydrogens (tertiary/aromatic N) is 3. The van der Waals surface area contributed by atoms with E-state index in [4.69, 9.17) is 0 Å². The van der Waals surface area contributed by atoms with E-state index >= 15 is 0 Å². The van der Waals surface area contributed by atoms with Crippen LogP contribution in [0.1, 0.15) is 57.9 Å². The molecule has 2 fully saturated rings. The number of piperidine rings is 1. The molecule has 0 aromatic carbocycles. The molecule has 1 spiro atoms. The van der Waals surface area contributed by atoms with E-state index in [1.807, 2.05) is 24.5 Å². The predicted octanol–water partition coefficient (Wildman–Crippen LogP) is 3.23. The molecule has 4 nitrogen and oxygen atoms in total. The molecule has 0 N–H and O–H groups in total. The minimum atomic E-state index is 0.0442. The lowest BCUT2D eigenvalue weighted by molar-refractivity contribution is -0.136. The number of amides is 1. The number of likely N-dealkylation sites (tertiary alicyclic amines) is 2. The third-order valence-corrected chi connectivity index (χ3v) is 5.71. The van der Waals surface area contributed by atoms with Crippen molar-refractivity contribution in [2.45, 2.75) is 70.5 Å². The van der Waals surface area contributed by atoms with Gasteiger partial charge in [-0.3, -0.25) is 14.7 Å². The summed E-state index contributed by atoms with van der Waals surface area (Å²) >= 11 is 0. The average molecular weight is 315 g/mol. The van der Waals surface area contributed by atoms with E-state index in [1.54, 1.807) is 0 Å². The molecule has 3 rings (SSSR count). The van der Waals surface area contributed by atoms with Crippen molar-refractivity contribution in [3.8, 4) is 0 Å². The topological polar surface area (TPSA) is 36.4 Å². The van der Waals surface area contributed by atoms with E-state index in [9.17, 15) is 4.79 Å². The molecule has 0 bridgehead atoms. The van der Waals surface area contributed by atoms with E-state index in [0.29, 0.717) is 18.4 Å². The van der Waals surface area contributed by atoms with Crippen molar-refractivity contribution >= 4 is 5.91 Å². The van der Waals surface area contributed by atoms with Crippen LogP contribution in [0, 0.1) is 0 Å². The lowest BCUT2D eigenvalue weighted by Gasteiger charge is -2.52. The zero-order chi connectivity index (χ0) is 16.3. The summed E-state index contributed by atoms with van der Waals surface area (Å²) in [6.45, 7) is 7.61. The molecule has 2 aliphatic heterocycles. The van der Waals surface area contributed by atoms with Gasteiger partial charge in [0, 0.05) is 31.4 Å². The number of hydrogen-bond acceptors (Lipinski definition) is 3. The number of rotatable bonds is 5. The zero-order valence-corrected chi connectivity index (χ0v) is 14.5. The maximum absolute atomic E-state index is 12.7. The van der Waals surface area contributed by atoms with Crippen molar-refractivity contribution in [3.63, 3.8) is 0 Å². The van der Waals surface area contributed by atoms with Gasteiger partial charge in [-0.2, -0.15) is 0 Å². The first-order valence-electron chi connectivity index (χ1n) is 9.14. The van der Waals surface area contributed by atoms with E-state index < -0.39 is 0 Å². The van der Waals surface area contributed by atoms with Gasteiger partial charge >= 0.3 is 0 Å². The van der Waals surface area contributed by atoms with Crippen LogP contribution in [0.15, 0.2) is 24.5 Å². The second kappa shape index (κ2) is 7.00. The van der Waals surface area contributed by atoms with Crippen molar-refractivity contribution in [3.05, 3.63) is 30.1 Å². The summed E-state index contributed by atoms with van der Waals surface area (Å²) in [7, 11) is 0. The number of aromatic nitrogens is 1. The summed E-state index contributed by atoms with van der Waals surface area (Å²) in [6, 6.07) is 4.57. The Hall–Kier alpha value is -1.42. The van der Waals surface area contributed by atoms with E-state index in [1.165, 1.54) is 24.9 Å². The van der Waals surface area contributed by atoms with Crippen LogP contribution in [0.25, 0.3) is 0 Å². The van der Waals surface area contributed by atoms with Crippen LogP contribution in [0.2, 0.25) is 0 Å². The molecule has 0 saturated carbocycles. The van der Waals surface area contributed by atoms with Crippen molar-refractivity contribution in [1.29, 1.82) is 0 Å². The molecule has 2 saturated heterocycles. The molecular formula is C19H29N3O. The Morgan fingerprint density at radius 2 is 2.04 bits per heavy atom. The van der Waals surface area contributed by atoms with Crippen molar-refractivity contribution in [2.75, 3.05) is 13.1 Å². The summed E-state index contributed by atoms with van der Waals surface area (Å²) in [4.78, 5) is 21.6. The molecule has 4 heteroatoms. The molecule has 1 aromatic heterocycles. The van der Waals surface area contributed by atoms with Gasteiger partial charge in [-0.25, -0.2) is 0 Å². The predicted molar refractivity (Wildman–Crippen MR) is 91.9 cm³/mol. The highest BCUT2D eigenvalue weighted by Gasteiger charge is 2.52. The summed E-state index contributed by atoms with van der Waals surface area (Å²) in [5.74, 6) is 0.332. The van der Waals surface area contributed by atoms with Crippen LogP contribution >= 0.6 is 0 Å². The van der Waals surface area contributed by atoms with Crippen LogP contribution in [0.5, 0.6) is 0 Å². The van der Waals surface area contributed by atoms with Crippen LogP contribution in [0.4, 0.5) is 0 Å². The van der Waals surface area contributed by atoms with Gasteiger partial charge in [0.05, 0.1) is 5.54 Å². The minimum absolute atomic E-state index is 0.0442. The quantitative estimate of drug-likeness (QED) is 0.837. The number of carbonyl (C=O) groups excluding carboxylic acids is 1. The van der Waals surface area contributed by atoms with Gasteiger partial charge < -0.3 is 4.90 Å². The second-order valence-electron chi connectivity index (χ2n) is 7.00. The Labute approximate surface area is 139 Å². The molecule has 126 valence electrons. The first-order valence-corrected chi connectivity index (χ1v) is 9.14. The van der Waals surface area contributed by atoms with E-state index in [-0.39, 0.29) is 5.54 Å². The standard InChI is InChI=1S/C19H29N3O/c1-3-13-21-14-5-9-19(17(21)4-2)10-6-18(23)22(19)15-16-7-11-20-12-8-16/h7-8,11-12,17H,3-6,9-10,13-15H2,1-2H3/t17-,19+/m1/s1. The third-order valence-electron chi connectivity index (χ3n) is 5.71. The second-order valence-corrected chi connectivity index (χ2v) is 7.00. The molecule has 0 aliphatic carbocycles. The lowest BCUT2D eigenvalue weighted by Crippen LogP contribution is -2.62. The van der Waals surface area contributed by atoms with Crippen molar-refractivity contribution < 1.29 is 4.79 Å². The average Bonchev–Trinajstić information content (AvgIpc) is 2.87. The Morgan fingerprint density at radius 1 is 1.26 bits per heavy atom. The monoisotopic (exact) mass is 315 g/mol. The highest BCUT2D eigenvalue weighted by atomic mass is 16.2. The fourth-order valence-electron chi connectivity index (χ4n) is 4.81. The zero-order valence-electron chi connectivity index (χ0n) is 14.5. The van der Waals surface area contributed by atoms with Gasteiger partial charge in [0.15, 0.2) is 0 Å². The summed E-state index contributed by atoms with van der Waals surface area (Å²) in [5.41, 5.74) is 1.24. The molecule has 3 heterocycles. The van der Waals surface area contributed by atoms with Crippen LogP contribution < -0.4 is 0 Å². The fourth-order valence-corrected chi connectivity index (χ4v) is 4.81. The lowest BCUT2D eigenvalue weighted by atomic mass is 9.77. The van der Waals surface area contributed by atoms with Gasteiger partial charge in [0.25, 0.3) is 0 Å². The normalized spacial score (nSPS) is 28.7. The van der Waals surface area contributed by atoms with Gasteiger partial charge in [-0.1, -0.05) is 13.8 Å². The minimum Gasteiger partial charge on any atom is -0.331 e. The van der Waals surface area contributed by atoms with Gasteiger partial charge in [0.2, 0.25) is 5.91 Å². The summed E-state index contributed by atoms with van der Waals surface area (Å²) < 4.78 is 0. The Balaban J connectivity index is 1.88. The Bertz CT molecular complexity index is 531. The van der Waals surface area contributed by atoms with Crippen LogP contribution in [0.3, 0.4) is 0 Å². The van der Waals surface area contributed by atoms with E-state index in [0.717, 1.165) is 32.4 Å². The SMILES string of the molecule is CCCN1CCC[C@]2(CCC(=O)N2Cc2ccncc2)[C@H]1CC. The number of hydrogen-bond donors (Lipinski definition) is 0. The Morgan fingerprint density at radius 3 is 2.74 bits per heavy atom. The molecule has 23 heavy (non-hydrogen) atoms. The molecule has 1 aromatic rings. The largest absolute Gasteiger partial charge is 0.331 e. The number of pyridine rings is 1. The summed E-state index contributed by atoms with van der Waals surface area (Å²) in [5, 5.41) is 0. The molecule has 0 radical (unpaired) electrons. The van der Waals surface area contributed by atoms with Crippen molar-refractivity contribution in [2.24, 2.45) is 0 Å². The maximum Gasteiger partial charge on any atom is 0.223 e. The van der Waals surface area contributed by atoms with E-state index in [2.05, 4.69) is 28.6 Å². The first-order chi connectivity index (χ1) is 11.2. The maximum atomic E-state index is 12.7. The molecule has 1 amide bonds. The van der Waals surface area contributed by atoms with Crippen LogP contribution in [-0.4, -0.2) is 45.4 Å². The Kier molecular flexibility index (Phi) is 5.00. The van der Waals surface area contributed by atoms with Gasteiger partial charge in [-0.15, -0.1) is 0 Å². The van der Waals surface area contributed by atoms with Crippen molar-refractivity contribution in [1.82, 2.24) is 14.8 Å². The first kappa shape index (κ1) is 16.4. The third kappa shape index (κ3) is 3.01. The molecular weight excluding hydrogens is 286 g/mol. The summed E-state index contributed by atoms with van der Waals surface area (Å²) in [6.07, 6.45) is 10.1. The van der Waals surface area contributed by atoms with Crippen LogP contribution in [-0.2, 0) is 11.3 Å². The van der Waals surface area contributed by atoms with Gasteiger partial charge in [-0.05, 0) is 62.9 Å². The highest BCUT2D eigenvalue weighted by molar-refractivity contribution is 5.80. The van der Waals surface area contributed by atoms with Gasteiger partial charge in [0.1, 0.15) is 0 Å². The molecule has 2 aliphatic rings. The number of carbonyl (C=O) groups is 1. The smallest absolute Gasteiger partial charge is 0.223 e. The molecule has 0 unspecified atom stereocenters.